The largest absolute Gasteiger partial charge is 0.316 e. The summed E-state index contributed by atoms with van der Waals surface area (Å²) < 4.78 is 0. The second-order valence-corrected chi connectivity index (χ2v) is 6.91. The van der Waals surface area contributed by atoms with Crippen LogP contribution < -0.4 is 22.0 Å². The molecule has 0 bridgehead atoms. The molecule has 1 aromatic carbocycles. The molecule has 0 amide bonds. The Kier molecular flexibility index (Phi) is 10.1. The molecule has 0 aliphatic heterocycles. The van der Waals surface area contributed by atoms with Gasteiger partial charge in [-0.3, -0.25) is 16.7 Å². The third-order valence-corrected chi connectivity index (χ3v) is 4.28. The summed E-state index contributed by atoms with van der Waals surface area (Å²) in [6.45, 7) is 10.3. The van der Waals surface area contributed by atoms with Gasteiger partial charge >= 0.3 is 0 Å². The number of nitrogens with zero attached hydrogens (tertiary/aromatic N) is 1. The summed E-state index contributed by atoms with van der Waals surface area (Å²) in [5.74, 6) is 6.39. The minimum absolute atomic E-state index is 0.451. The number of hydrazine groups is 1. The van der Waals surface area contributed by atoms with Gasteiger partial charge < -0.3 is 5.32 Å². The highest BCUT2D eigenvalue weighted by Crippen LogP contribution is 2.17. The second kappa shape index (κ2) is 11.8. The van der Waals surface area contributed by atoms with E-state index in [-0.39, 0.29) is 0 Å². The van der Waals surface area contributed by atoms with Crippen LogP contribution in [0, 0.1) is 11.8 Å². The quantitative estimate of drug-likeness (QED) is 0.282. The van der Waals surface area contributed by atoms with Crippen molar-refractivity contribution >= 4 is 11.9 Å². The highest BCUT2D eigenvalue weighted by Gasteiger charge is 2.09. The van der Waals surface area contributed by atoms with E-state index in [1.807, 2.05) is 13.3 Å². The summed E-state index contributed by atoms with van der Waals surface area (Å²) in [5, 5.41) is 7.69. The summed E-state index contributed by atoms with van der Waals surface area (Å²) in [4.78, 5) is 0. The molecular weight excluding hydrogens is 310 g/mol. The molecule has 1 aromatic rings. The molecule has 2 atom stereocenters. The molecule has 25 heavy (non-hydrogen) atoms. The Balaban J connectivity index is 2.73. The van der Waals surface area contributed by atoms with Gasteiger partial charge in [-0.2, -0.15) is 5.10 Å². The van der Waals surface area contributed by atoms with Crippen molar-refractivity contribution in [3.8, 4) is 0 Å². The molecular formula is C20H35N5. The van der Waals surface area contributed by atoms with Gasteiger partial charge in [0.25, 0.3) is 0 Å². The monoisotopic (exact) mass is 345 g/mol. The predicted molar refractivity (Wildman–Crippen MR) is 109 cm³/mol. The maximum Gasteiger partial charge on any atom is 0.0620 e. The molecule has 0 saturated carbocycles. The van der Waals surface area contributed by atoms with Gasteiger partial charge in [0.1, 0.15) is 0 Å². The predicted octanol–water partition coefficient (Wildman–Crippen LogP) is 3.25. The van der Waals surface area contributed by atoms with E-state index in [4.69, 9.17) is 5.84 Å². The van der Waals surface area contributed by atoms with E-state index in [0.717, 1.165) is 37.2 Å². The van der Waals surface area contributed by atoms with Gasteiger partial charge in [-0.25, -0.2) is 0 Å². The molecule has 5 heteroatoms. The van der Waals surface area contributed by atoms with Crippen molar-refractivity contribution in [2.75, 3.05) is 13.6 Å². The Morgan fingerprint density at radius 3 is 2.44 bits per heavy atom. The first kappa shape index (κ1) is 21.4. The van der Waals surface area contributed by atoms with Gasteiger partial charge in [0.15, 0.2) is 0 Å². The minimum atomic E-state index is 0.451. The molecule has 0 aromatic heterocycles. The molecule has 1 rings (SSSR count). The highest BCUT2D eigenvalue weighted by molar-refractivity contribution is 5.68. The molecule has 0 aliphatic carbocycles. The van der Waals surface area contributed by atoms with Crippen LogP contribution in [0.2, 0.25) is 0 Å². The number of nitrogens with two attached hydrogens (primary N) is 1. The van der Waals surface area contributed by atoms with Gasteiger partial charge in [0.05, 0.1) is 5.70 Å². The first-order valence-electron chi connectivity index (χ1n) is 9.15. The van der Waals surface area contributed by atoms with Crippen molar-refractivity contribution < 1.29 is 0 Å². The Morgan fingerprint density at radius 1 is 1.24 bits per heavy atom. The maximum atomic E-state index is 5.41. The van der Waals surface area contributed by atoms with Crippen LogP contribution in [-0.4, -0.2) is 19.8 Å². The molecule has 0 heterocycles. The highest BCUT2D eigenvalue weighted by atomic mass is 15.3. The fraction of sp³-hybridized carbons (Fsp3) is 0.550. The average molecular weight is 346 g/mol. The molecule has 0 spiro atoms. The number of benzene rings is 1. The Morgan fingerprint density at radius 2 is 1.92 bits per heavy atom. The molecule has 0 saturated heterocycles. The van der Waals surface area contributed by atoms with Crippen LogP contribution in [0.15, 0.2) is 34.9 Å². The van der Waals surface area contributed by atoms with Crippen LogP contribution in [0.5, 0.6) is 0 Å². The zero-order valence-electron chi connectivity index (χ0n) is 16.4. The first-order chi connectivity index (χ1) is 12.0. The summed E-state index contributed by atoms with van der Waals surface area (Å²) in [6.07, 6.45) is 4.18. The van der Waals surface area contributed by atoms with Crippen LogP contribution in [0.1, 0.15) is 51.7 Å². The number of allylic oxidation sites excluding steroid dienone is 1. The minimum Gasteiger partial charge on any atom is -0.316 e. The van der Waals surface area contributed by atoms with Crippen molar-refractivity contribution in [2.24, 2.45) is 22.8 Å². The van der Waals surface area contributed by atoms with Crippen LogP contribution >= 0.6 is 0 Å². The third-order valence-electron chi connectivity index (χ3n) is 4.28. The summed E-state index contributed by atoms with van der Waals surface area (Å²) in [6, 6.07) is 8.58. The van der Waals surface area contributed by atoms with Gasteiger partial charge in [-0.05, 0) is 56.7 Å². The van der Waals surface area contributed by atoms with E-state index in [0.29, 0.717) is 11.8 Å². The lowest BCUT2D eigenvalue weighted by Gasteiger charge is -2.16. The van der Waals surface area contributed by atoms with Crippen molar-refractivity contribution in [1.82, 2.24) is 16.2 Å². The van der Waals surface area contributed by atoms with Gasteiger partial charge in [0.2, 0.25) is 0 Å². The molecule has 5 nitrogen and oxygen atoms in total. The number of nitrogens with one attached hydrogen (secondary N) is 3. The Hall–Kier alpha value is -1.69. The molecule has 5 N–H and O–H groups in total. The number of rotatable bonds is 11. The Labute approximate surface area is 153 Å². The lowest BCUT2D eigenvalue weighted by Crippen LogP contribution is -2.28. The smallest absolute Gasteiger partial charge is 0.0620 e. The first-order valence-corrected chi connectivity index (χ1v) is 9.15. The van der Waals surface area contributed by atoms with E-state index in [1.54, 1.807) is 0 Å². The zero-order valence-corrected chi connectivity index (χ0v) is 16.4. The van der Waals surface area contributed by atoms with E-state index in [2.05, 4.69) is 73.2 Å². The topological polar surface area (TPSA) is 74.5 Å². The van der Waals surface area contributed by atoms with Crippen molar-refractivity contribution in [1.29, 1.82) is 0 Å². The number of hydrogen-bond donors (Lipinski definition) is 4. The van der Waals surface area contributed by atoms with Gasteiger partial charge in [-0.1, -0.05) is 43.7 Å². The van der Waals surface area contributed by atoms with Crippen LogP contribution in [0.25, 0.3) is 5.70 Å². The van der Waals surface area contributed by atoms with Crippen molar-refractivity contribution in [2.45, 2.75) is 47.1 Å². The van der Waals surface area contributed by atoms with E-state index >= 15 is 0 Å². The van der Waals surface area contributed by atoms with Crippen LogP contribution in [-0.2, 0) is 6.54 Å². The molecule has 0 fully saturated rings. The van der Waals surface area contributed by atoms with Crippen molar-refractivity contribution in [3.05, 3.63) is 41.0 Å². The van der Waals surface area contributed by atoms with E-state index in [1.165, 1.54) is 11.1 Å². The third kappa shape index (κ3) is 7.82. The molecule has 2 unspecified atom stereocenters. The van der Waals surface area contributed by atoms with Gasteiger partial charge in [0, 0.05) is 19.3 Å². The van der Waals surface area contributed by atoms with Crippen LogP contribution in [0.3, 0.4) is 0 Å². The second-order valence-electron chi connectivity index (χ2n) is 6.91. The number of hydrazone groups is 1. The summed E-state index contributed by atoms with van der Waals surface area (Å²) in [5.41, 5.74) is 10.7. The Bertz CT molecular complexity index is 544. The molecule has 140 valence electrons. The molecule has 0 aliphatic rings. The van der Waals surface area contributed by atoms with Crippen molar-refractivity contribution in [3.63, 3.8) is 0 Å². The van der Waals surface area contributed by atoms with Gasteiger partial charge in [-0.15, -0.1) is 0 Å². The zero-order chi connectivity index (χ0) is 18.7. The summed E-state index contributed by atoms with van der Waals surface area (Å²) in [7, 11) is 1.96. The number of hydrogen-bond acceptors (Lipinski definition) is 5. The molecule has 0 radical (unpaired) electrons. The van der Waals surface area contributed by atoms with E-state index in [9.17, 15) is 0 Å². The lowest BCUT2D eigenvalue weighted by molar-refractivity contribution is 0.434. The SMILES string of the molecule is CCC(/C=N\NC(=C(C)C)c1ccc(CNC)cc1)CC(C)CNN. The lowest BCUT2D eigenvalue weighted by atomic mass is 9.95. The fourth-order valence-electron chi connectivity index (χ4n) is 2.80. The average Bonchev–Trinajstić information content (AvgIpc) is 2.58. The normalized spacial score (nSPS) is 13.7. The van der Waals surface area contributed by atoms with E-state index < -0.39 is 0 Å². The maximum absolute atomic E-state index is 5.41. The standard InChI is InChI=1S/C20H35N5/c1-6-17(11-16(4)12-23-21)14-24-25-20(15(2)3)19-9-7-18(8-10-19)13-22-5/h7-10,14,16-17,22-23,25H,6,11-13,21H2,1-5H3/b24-14-. The van der Waals surface area contributed by atoms with Crippen LogP contribution in [0.4, 0.5) is 0 Å². The summed E-state index contributed by atoms with van der Waals surface area (Å²) >= 11 is 0. The fourth-order valence-corrected chi connectivity index (χ4v) is 2.80.